The fourth-order valence-electron chi connectivity index (χ4n) is 2.46. The Kier molecular flexibility index (Phi) is 4.02. The molecule has 1 N–H and O–H groups in total. The molecule has 0 saturated carbocycles. The Labute approximate surface area is 134 Å². The quantitative estimate of drug-likeness (QED) is 0.797. The second-order valence-corrected chi connectivity index (χ2v) is 5.42. The topological polar surface area (TPSA) is 64.4 Å². The lowest BCUT2D eigenvalue weighted by Crippen LogP contribution is -2.23. The second-order valence-electron chi connectivity index (χ2n) is 5.42. The van der Waals surface area contributed by atoms with Gasteiger partial charge in [-0.2, -0.15) is 0 Å². The van der Waals surface area contributed by atoms with Crippen molar-refractivity contribution in [1.82, 2.24) is 10.3 Å². The number of amides is 1. The molecule has 0 bridgehead atoms. The van der Waals surface area contributed by atoms with E-state index in [0.717, 1.165) is 22.2 Å². The molecule has 0 saturated heterocycles. The van der Waals surface area contributed by atoms with Crippen LogP contribution in [0.25, 0.3) is 11.1 Å². The molecule has 0 aliphatic heterocycles. The van der Waals surface area contributed by atoms with Crippen molar-refractivity contribution in [3.05, 3.63) is 65.0 Å². The van der Waals surface area contributed by atoms with Crippen LogP contribution in [-0.4, -0.2) is 18.1 Å². The smallest absolute Gasteiger partial charge is 0.408 e. The molecule has 0 radical (unpaired) electrons. The number of aromatic nitrogens is 1. The number of nitrogens with zero attached hydrogens (tertiary/aromatic N) is 1. The minimum Gasteiger partial charge on any atom is -0.436 e. The summed E-state index contributed by atoms with van der Waals surface area (Å²) in [7, 11) is 1.52. The van der Waals surface area contributed by atoms with Gasteiger partial charge in [0.25, 0.3) is 0 Å². The number of nitrogens with one attached hydrogen (secondary N) is 1. The molecule has 0 aliphatic rings. The molecule has 5 nitrogen and oxygen atoms in total. The average Bonchev–Trinajstić information content (AvgIpc) is 2.98. The Balaban J connectivity index is 2.11. The number of oxazole rings is 1. The van der Waals surface area contributed by atoms with Gasteiger partial charge in [0, 0.05) is 12.6 Å². The minimum atomic E-state index is -0.692. The van der Waals surface area contributed by atoms with Crippen LogP contribution in [-0.2, 0) is 4.74 Å². The lowest BCUT2D eigenvalue weighted by atomic mass is 10.0. The van der Waals surface area contributed by atoms with Crippen molar-refractivity contribution in [3.63, 3.8) is 0 Å². The van der Waals surface area contributed by atoms with Gasteiger partial charge in [-0.3, -0.25) is 0 Å². The van der Waals surface area contributed by atoms with Gasteiger partial charge in [0.2, 0.25) is 12.0 Å². The first kappa shape index (κ1) is 15.1. The molecule has 1 aromatic heterocycles. The highest BCUT2D eigenvalue weighted by Crippen LogP contribution is 2.31. The first-order valence-electron chi connectivity index (χ1n) is 7.39. The van der Waals surface area contributed by atoms with E-state index in [9.17, 15) is 4.79 Å². The zero-order chi connectivity index (χ0) is 16.4. The highest BCUT2D eigenvalue weighted by molar-refractivity contribution is 5.72. The maximum absolute atomic E-state index is 11.8. The molecular formula is C18H18N2O3. The van der Waals surface area contributed by atoms with Crippen molar-refractivity contribution < 1.29 is 13.9 Å². The van der Waals surface area contributed by atoms with Crippen molar-refractivity contribution in [2.75, 3.05) is 7.05 Å². The van der Waals surface area contributed by atoms with E-state index >= 15 is 0 Å². The van der Waals surface area contributed by atoms with Crippen molar-refractivity contribution in [2.45, 2.75) is 20.0 Å². The van der Waals surface area contributed by atoms with Crippen molar-refractivity contribution in [1.29, 1.82) is 0 Å². The van der Waals surface area contributed by atoms with Crippen LogP contribution in [0, 0.1) is 13.8 Å². The van der Waals surface area contributed by atoms with Gasteiger partial charge in [-0.15, -0.1) is 0 Å². The summed E-state index contributed by atoms with van der Waals surface area (Å²) >= 11 is 0. The lowest BCUT2D eigenvalue weighted by molar-refractivity contribution is 0.105. The van der Waals surface area contributed by atoms with Crippen LogP contribution in [0.3, 0.4) is 0 Å². The van der Waals surface area contributed by atoms with Crippen LogP contribution < -0.4 is 5.32 Å². The largest absolute Gasteiger partial charge is 0.436 e. The Hall–Kier alpha value is -2.82. The van der Waals surface area contributed by atoms with E-state index in [0.29, 0.717) is 11.5 Å². The standard InChI is InChI=1S/C18H18N2O3/c1-11-8-9-12(2)13(10-11)16(23-18(21)19-3)17-20-14-6-4-5-7-15(14)22-17/h4-10,16H,1-3H3,(H,19,21). The average molecular weight is 310 g/mol. The zero-order valence-corrected chi connectivity index (χ0v) is 13.3. The van der Waals surface area contributed by atoms with E-state index in [4.69, 9.17) is 9.15 Å². The third-order valence-electron chi connectivity index (χ3n) is 3.68. The molecule has 0 aliphatic carbocycles. The molecule has 3 aromatic rings. The summed E-state index contributed by atoms with van der Waals surface area (Å²) in [4.78, 5) is 16.3. The summed E-state index contributed by atoms with van der Waals surface area (Å²) in [5.41, 5.74) is 4.34. The first-order valence-corrected chi connectivity index (χ1v) is 7.39. The van der Waals surface area contributed by atoms with E-state index in [1.165, 1.54) is 7.05 Å². The number of hydrogen-bond acceptors (Lipinski definition) is 4. The number of carbonyl (C=O) groups excluding carboxylic acids is 1. The number of alkyl carbamates (subject to hydrolysis) is 1. The predicted molar refractivity (Wildman–Crippen MR) is 87.3 cm³/mol. The maximum atomic E-state index is 11.8. The molecule has 5 heteroatoms. The number of carbonyl (C=O) groups is 1. The van der Waals surface area contributed by atoms with Gasteiger partial charge >= 0.3 is 6.09 Å². The second kappa shape index (κ2) is 6.12. The van der Waals surface area contributed by atoms with E-state index in [2.05, 4.69) is 10.3 Å². The van der Waals surface area contributed by atoms with Gasteiger partial charge in [-0.1, -0.05) is 35.9 Å². The summed E-state index contributed by atoms with van der Waals surface area (Å²) in [6.45, 7) is 3.96. The third-order valence-corrected chi connectivity index (χ3v) is 3.68. The summed E-state index contributed by atoms with van der Waals surface area (Å²) < 4.78 is 11.3. The Bertz CT molecular complexity index is 821. The number of hydrogen-bond donors (Lipinski definition) is 1. The molecule has 2 aromatic carbocycles. The Morgan fingerprint density at radius 3 is 2.74 bits per heavy atom. The zero-order valence-electron chi connectivity index (χ0n) is 13.3. The van der Waals surface area contributed by atoms with Crippen LogP contribution in [0.1, 0.15) is 28.7 Å². The van der Waals surface area contributed by atoms with Crippen molar-refractivity contribution in [2.24, 2.45) is 0 Å². The van der Waals surface area contributed by atoms with E-state index < -0.39 is 12.2 Å². The van der Waals surface area contributed by atoms with Gasteiger partial charge in [-0.05, 0) is 31.5 Å². The first-order chi connectivity index (χ1) is 11.1. The van der Waals surface area contributed by atoms with Crippen molar-refractivity contribution >= 4 is 17.2 Å². The van der Waals surface area contributed by atoms with Crippen LogP contribution in [0.2, 0.25) is 0 Å². The molecule has 0 spiro atoms. The molecule has 1 unspecified atom stereocenters. The number of para-hydroxylation sites is 2. The van der Waals surface area contributed by atoms with Gasteiger partial charge < -0.3 is 14.5 Å². The van der Waals surface area contributed by atoms with Gasteiger partial charge in [0.15, 0.2) is 5.58 Å². The molecule has 1 amide bonds. The molecule has 1 atom stereocenters. The summed E-state index contributed by atoms with van der Waals surface area (Å²) in [5, 5.41) is 2.47. The number of rotatable bonds is 3. The minimum absolute atomic E-state index is 0.364. The predicted octanol–water partition coefficient (Wildman–Crippen LogP) is 3.89. The van der Waals surface area contributed by atoms with Crippen LogP contribution in [0.5, 0.6) is 0 Å². The molecule has 3 rings (SSSR count). The number of benzene rings is 2. The maximum Gasteiger partial charge on any atom is 0.408 e. The number of ether oxygens (including phenoxy) is 1. The molecular weight excluding hydrogens is 292 g/mol. The molecule has 0 fully saturated rings. The van der Waals surface area contributed by atoms with E-state index in [1.807, 2.05) is 56.3 Å². The fraction of sp³-hybridized carbons (Fsp3) is 0.222. The molecule has 118 valence electrons. The van der Waals surface area contributed by atoms with E-state index in [-0.39, 0.29) is 0 Å². The van der Waals surface area contributed by atoms with Crippen LogP contribution >= 0.6 is 0 Å². The van der Waals surface area contributed by atoms with Gasteiger partial charge in [-0.25, -0.2) is 9.78 Å². The highest BCUT2D eigenvalue weighted by Gasteiger charge is 2.26. The van der Waals surface area contributed by atoms with Crippen molar-refractivity contribution in [3.8, 4) is 0 Å². The normalized spacial score (nSPS) is 12.1. The summed E-state index contributed by atoms with van der Waals surface area (Å²) in [6.07, 6.45) is -1.22. The van der Waals surface area contributed by atoms with Crippen LogP contribution in [0.15, 0.2) is 46.9 Å². The van der Waals surface area contributed by atoms with Crippen LogP contribution in [0.4, 0.5) is 4.79 Å². The molecule has 23 heavy (non-hydrogen) atoms. The van der Waals surface area contributed by atoms with Gasteiger partial charge in [0.1, 0.15) is 5.52 Å². The fourth-order valence-corrected chi connectivity index (χ4v) is 2.46. The summed E-state index contributed by atoms with van der Waals surface area (Å²) in [6, 6.07) is 13.5. The Morgan fingerprint density at radius 2 is 2.00 bits per heavy atom. The number of aryl methyl sites for hydroxylation is 2. The van der Waals surface area contributed by atoms with Gasteiger partial charge in [0.05, 0.1) is 0 Å². The summed E-state index contributed by atoms with van der Waals surface area (Å²) in [5.74, 6) is 0.364. The lowest BCUT2D eigenvalue weighted by Gasteiger charge is -2.17. The SMILES string of the molecule is CNC(=O)OC(c1nc2ccccc2o1)c1cc(C)ccc1C. The van der Waals surface area contributed by atoms with E-state index in [1.54, 1.807) is 0 Å². The number of fused-ring (bicyclic) bond motifs is 1. The molecule has 1 heterocycles. The highest BCUT2D eigenvalue weighted by atomic mass is 16.6. The Morgan fingerprint density at radius 1 is 1.22 bits per heavy atom. The monoisotopic (exact) mass is 310 g/mol. The third kappa shape index (κ3) is 3.04.